The van der Waals surface area contributed by atoms with Gasteiger partial charge in [-0.3, -0.25) is 19.3 Å². The Kier molecular flexibility index (Phi) is 7.57. The minimum Gasteiger partial charge on any atom is -0.444 e. The zero-order valence-corrected chi connectivity index (χ0v) is 21.2. The van der Waals surface area contributed by atoms with E-state index < -0.39 is 34.5 Å². The number of carbonyl (C=O) groups excluding carboxylic acids is 3. The van der Waals surface area contributed by atoms with Crippen molar-refractivity contribution in [2.75, 3.05) is 30.0 Å². The van der Waals surface area contributed by atoms with E-state index in [0.717, 1.165) is 0 Å². The number of nitrogens with one attached hydrogen (secondary N) is 1. The maximum Gasteiger partial charge on any atom is 0.310 e. The van der Waals surface area contributed by atoms with E-state index in [2.05, 4.69) is 5.32 Å². The van der Waals surface area contributed by atoms with Crippen LogP contribution in [0.4, 0.5) is 11.4 Å². The molecule has 0 aliphatic carbocycles. The number of esters is 1. The highest BCUT2D eigenvalue weighted by molar-refractivity contribution is 7.89. The van der Waals surface area contributed by atoms with E-state index in [1.165, 1.54) is 40.4 Å². The van der Waals surface area contributed by atoms with Crippen LogP contribution in [0.5, 0.6) is 0 Å². The molecule has 2 amide bonds. The second-order valence-corrected chi connectivity index (χ2v) is 10.6. The topological polar surface area (TPSA) is 161 Å². The summed E-state index contributed by atoms with van der Waals surface area (Å²) in [6.07, 6.45) is 0.482. The van der Waals surface area contributed by atoms with Gasteiger partial charge in [0.05, 0.1) is 22.1 Å². The molecule has 2 aliphatic rings. The Morgan fingerprint density at radius 1 is 1.05 bits per heavy atom. The van der Waals surface area contributed by atoms with Crippen molar-refractivity contribution in [2.45, 2.75) is 24.7 Å². The predicted molar refractivity (Wildman–Crippen MR) is 135 cm³/mol. The highest BCUT2D eigenvalue weighted by atomic mass is 32.2. The van der Waals surface area contributed by atoms with Crippen LogP contribution in [-0.2, 0) is 29.1 Å². The highest BCUT2D eigenvalue weighted by Gasteiger charge is 2.37. The maximum atomic E-state index is 13.0. The van der Waals surface area contributed by atoms with Crippen molar-refractivity contribution in [3.63, 3.8) is 0 Å². The Morgan fingerprint density at radius 3 is 2.29 bits per heavy atom. The van der Waals surface area contributed by atoms with E-state index in [4.69, 9.17) is 4.74 Å². The van der Waals surface area contributed by atoms with Gasteiger partial charge in [-0.1, -0.05) is 18.2 Å². The lowest BCUT2D eigenvalue weighted by molar-refractivity contribution is -0.150. The second-order valence-electron chi connectivity index (χ2n) is 8.70. The first kappa shape index (κ1) is 26.5. The number of allylic oxidation sites excluding steroid dienone is 1. The molecule has 1 fully saturated rings. The molecule has 2 heterocycles. The molecule has 0 atom stereocenters. The Labute approximate surface area is 219 Å². The molecule has 2 aromatic rings. The largest absolute Gasteiger partial charge is 0.444 e. The van der Waals surface area contributed by atoms with Crippen LogP contribution in [0.1, 0.15) is 25.3 Å². The number of benzene rings is 2. The van der Waals surface area contributed by atoms with Gasteiger partial charge in [0.15, 0.2) is 6.73 Å². The van der Waals surface area contributed by atoms with Crippen molar-refractivity contribution in [2.24, 2.45) is 5.92 Å². The Balaban J connectivity index is 1.38. The number of fused-ring (bicyclic) bond motifs is 1. The van der Waals surface area contributed by atoms with Gasteiger partial charge >= 0.3 is 5.97 Å². The summed E-state index contributed by atoms with van der Waals surface area (Å²) in [6, 6.07) is 15.9. The molecule has 194 valence electrons. The van der Waals surface area contributed by atoms with E-state index in [-0.39, 0.29) is 47.9 Å². The number of amides is 2. The number of sulfonamides is 1. The van der Waals surface area contributed by atoms with Gasteiger partial charge in [0, 0.05) is 31.3 Å². The molecule has 0 saturated carbocycles. The number of rotatable bonds is 6. The van der Waals surface area contributed by atoms with Crippen molar-refractivity contribution in [1.82, 2.24) is 4.31 Å². The van der Waals surface area contributed by atoms with Gasteiger partial charge in [-0.25, -0.2) is 8.42 Å². The minimum atomic E-state index is -3.78. The molecule has 0 spiro atoms. The molecule has 0 unspecified atom stereocenters. The first-order chi connectivity index (χ1) is 18.2. The zero-order chi connectivity index (χ0) is 27.4. The van der Waals surface area contributed by atoms with E-state index in [0.29, 0.717) is 16.9 Å². The number of carbonyl (C=O) groups is 3. The Bertz CT molecular complexity index is 1490. The molecule has 1 N–H and O–H groups in total. The Hall–Kier alpha value is -4.52. The smallest absolute Gasteiger partial charge is 0.310 e. The van der Waals surface area contributed by atoms with Crippen LogP contribution in [-0.4, -0.2) is 50.3 Å². The summed E-state index contributed by atoms with van der Waals surface area (Å²) in [5, 5.41) is 21.1. The first-order valence-electron chi connectivity index (χ1n) is 11.7. The standard InChI is InChI=1S/C26H23N5O6S/c1-17(32)29-20-6-8-21(9-7-20)38(35,36)30-12-10-18(11-13-30)26(34)37-16-31-23-5-3-2-4-22(23)24(25(31)33)19(14-27)15-28/h2-9,18H,10-13,16H2,1H3,(H,29,32). The Morgan fingerprint density at radius 2 is 1.68 bits per heavy atom. The van der Waals surface area contributed by atoms with Crippen LogP contribution in [0, 0.1) is 28.6 Å². The number of nitrogens with zero attached hydrogens (tertiary/aromatic N) is 4. The molecule has 1 saturated heterocycles. The van der Waals surface area contributed by atoms with Crippen LogP contribution >= 0.6 is 0 Å². The number of ether oxygens (including phenoxy) is 1. The summed E-state index contributed by atoms with van der Waals surface area (Å²) in [7, 11) is -3.78. The van der Waals surface area contributed by atoms with Crippen LogP contribution in [0.3, 0.4) is 0 Å². The third-order valence-corrected chi connectivity index (χ3v) is 8.25. The van der Waals surface area contributed by atoms with E-state index >= 15 is 0 Å². The van der Waals surface area contributed by atoms with Crippen molar-refractivity contribution in [3.05, 3.63) is 59.7 Å². The van der Waals surface area contributed by atoms with Crippen molar-refractivity contribution >= 4 is 44.8 Å². The third-order valence-electron chi connectivity index (χ3n) is 6.33. The average molecular weight is 534 g/mol. The van der Waals surface area contributed by atoms with Gasteiger partial charge < -0.3 is 10.1 Å². The predicted octanol–water partition coefficient (Wildman–Crippen LogP) is 2.39. The molecular formula is C26H23N5O6S. The zero-order valence-electron chi connectivity index (χ0n) is 20.4. The molecule has 2 aromatic carbocycles. The summed E-state index contributed by atoms with van der Waals surface area (Å²) in [5.41, 5.74) is 0.958. The normalized spacial score (nSPS) is 15.8. The third kappa shape index (κ3) is 5.13. The lowest BCUT2D eigenvalue weighted by Gasteiger charge is -2.30. The van der Waals surface area contributed by atoms with Gasteiger partial charge in [-0.2, -0.15) is 14.8 Å². The number of piperidine rings is 1. The molecular weight excluding hydrogens is 510 g/mol. The van der Waals surface area contributed by atoms with Crippen LogP contribution in [0.2, 0.25) is 0 Å². The molecule has 0 bridgehead atoms. The van der Waals surface area contributed by atoms with Gasteiger partial charge in [0.25, 0.3) is 5.91 Å². The van der Waals surface area contributed by atoms with Crippen molar-refractivity contribution < 1.29 is 27.5 Å². The van der Waals surface area contributed by atoms with E-state index in [1.54, 1.807) is 36.4 Å². The summed E-state index contributed by atoms with van der Waals surface area (Å²) < 4.78 is 32.7. The number of anilines is 2. The summed E-state index contributed by atoms with van der Waals surface area (Å²) in [6.45, 7) is 1.18. The lowest BCUT2D eigenvalue weighted by Crippen LogP contribution is -2.41. The fourth-order valence-corrected chi connectivity index (χ4v) is 5.90. The van der Waals surface area contributed by atoms with Gasteiger partial charge in [0.2, 0.25) is 15.9 Å². The molecule has 12 heteroatoms. The van der Waals surface area contributed by atoms with Gasteiger partial charge in [-0.15, -0.1) is 0 Å². The molecule has 38 heavy (non-hydrogen) atoms. The summed E-state index contributed by atoms with van der Waals surface area (Å²) in [5.74, 6) is -1.99. The van der Waals surface area contributed by atoms with Crippen LogP contribution < -0.4 is 10.2 Å². The second kappa shape index (κ2) is 10.8. The van der Waals surface area contributed by atoms with Crippen LogP contribution in [0.25, 0.3) is 5.57 Å². The number of hydrogen-bond acceptors (Lipinski definition) is 8. The van der Waals surface area contributed by atoms with Crippen molar-refractivity contribution in [3.8, 4) is 12.1 Å². The molecule has 2 aliphatic heterocycles. The fraction of sp³-hybridized carbons (Fsp3) is 0.269. The molecule has 0 aromatic heterocycles. The van der Waals surface area contributed by atoms with Crippen molar-refractivity contribution in [1.29, 1.82) is 10.5 Å². The minimum absolute atomic E-state index is 0.0368. The molecule has 11 nitrogen and oxygen atoms in total. The SMILES string of the molecule is CC(=O)Nc1ccc(S(=O)(=O)N2CCC(C(=O)OCN3C(=O)C(=C(C#N)C#N)c4ccccc43)CC2)cc1. The quantitative estimate of drug-likeness (QED) is 0.336. The van der Waals surface area contributed by atoms with E-state index in [1.807, 2.05) is 0 Å². The monoisotopic (exact) mass is 533 g/mol. The van der Waals surface area contributed by atoms with Gasteiger partial charge in [-0.05, 0) is 43.2 Å². The summed E-state index contributed by atoms with van der Waals surface area (Å²) in [4.78, 5) is 38.2. The fourth-order valence-electron chi connectivity index (χ4n) is 4.43. The van der Waals surface area contributed by atoms with E-state index in [9.17, 15) is 33.3 Å². The average Bonchev–Trinajstić information content (AvgIpc) is 3.19. The highest BCUT2D eigenvalue weighted by Crippen LogP contribution is 2.38. The number of para-hydroxylation sites is 1. The molecule has 4 rings (SSSR count). The number of hydrogen-bond donors (Lipinski definition) is 1. The van der Waals surface area contributed by atoms with Crippen LogP contribution in [0.15, 0.2) is 59.0 Å². The van der Waals surface area contributed by atoms with Gasteiger partial charge in [0.1, 0.15) is 17.7 Å². The summed E-state index contributed by atoms with van der Waals surface area (Å²) >= 11 is 0. The molecule has 0 radical (unpaired) electrons. The lowest BCUT2D eigenvalue weighted by atomic mass is 9.98. The first-order valence-corrected chi connectivity index (χ1v) is 13.1. The maximum absolute atomic E-state index is 13.0. The number of nitriles is 2.